The molecule has 0 fully saturated rings. The van der Waals surface area contributed by atoms with Gasteiger partial charge in [0.1, 0.15) is 10.7 Å². The summed E-state index contributed by atoms with van der Waals surface area (Å²) in [4.78, 5) is 40.5. The maximum absolute atomic E-state index is 13.5. The molecule has 0 spiro atoms. The number of aryl methyl sites for hydroxylation is 1. The molecule has 33 heavy (non-hydrogen) atoms. The van der Waals surface area contributed by atoms with Gasteiger partial charge in [-0.3, -0.25) is 19.7 Å². The first-order valence-corrected chi connectivity index (χ1v) is 10.2. The summed E-state index contributed by atoms with van der Waals surface area (Å²) in [6, 6.07) is 4.04. The SMILES string of the molecule is Cc1cc(NC(=O)c2c(C)c(C(=O)C(=O)Nc3ncc(C(F)(F)F)s3)n(C)c2C)ccc1F. The van der Waals surface area contributed by atoms with Gasteiger partial charge in [0.05, 0.1) is 17.5 Å². The van der Waals surface area contributed by atoms with Crippen molar-refractivity contribution >= 4 is 39.8 Å². The first-order chi connectivity index (χ1) is 15.3. The molecule has 0 aliphatic rings. The number of nitrogens with zero attached hydrogens (tertiary/aromatic N) is 2. The first-order valence-electron chi connectivity index (χ1n) is 9.43. The van der Waals surface area contributed by atoms with Crippen LogP contribution in [0, 0.1) is 26.6 Å². The molecule has 7 nitrogen and oxygen atoms in total. The van der Waals surface area contributed by atoms with E-state index in [-0.39, 0.29) is 33.3 Å². The summed E-state index contributed by atoms with van der Waals surface area (Å²) in [5.41, 5.74) is 1.31. The number of amides is 2. The number of ketones is 1. The van der Waals surface area contributed by atoms with Crippen LogP contribution in [0.25, 0.3) is 0 Å². The van der Waals surface area contributed by atoms with Gasteiger partial charge in [0.2, 0.25) is 0 Å². The number of hydrogen-bond donors (Lipinski definition) is 2. The minimum atomic E-state index is -4.62. The van der Waals surface area contributed by atoms with E-state index in [1.54, 1.807) is 13.8 Å². The highest BCUT2D eigenvalue weighted by molar-refractivity contribution is 7.15. The van der Waals surface area contributed by atoms with Gasteiger partial charge in [0.25, 0.3) is 17.6 Å². The van der Waals surface area contributed by atoms with Crippen molar-refractivity contribution in [3.05, 3.63) is 63.2 Å². The van der Waals surface area contributed by atoms with E-state index in [9.17, 15) is 31.9 Å². The van der Waals surface area contributed by atoms with Crippen molar-refractivity contribution in [1.29, 1.82) is 0 Å². The molecule has 2 amide bonds. The van der Waals surface area contributed by atoms with E-state index in [0.29, 0.717) is 23.1 Å². The Hall–Kier alpha value is -3.54. The third kappa shape index (κ3) is 4.80. The summed E-state index contributed by atoms with van der Waals surface area (Å²) in [5.74, 6) is -3.23. The zero-order valence-corrected chi connectivity index (χ0v) is 18.7. The van der Waals surface area contributed by atoms with Crippen molar-refractivity contribution in [1.82, 2.24) is 9.55 Å². The van der Waals surface area contributed by atoms with Crippen molar-refractivity contribution in [3.8, 4) is 0 Å². The normalized spacial score (nSPS) is 11.4. The van der Waals surface area contributed by atoms with Crippen molar-refractivity contribution in [2.75, 3.05) is 10.6 Å². The average molecular weight is 482 g/mol. The number of carbonyl (C=O) groups is 3. The highest BCUT2D eigenvalue weighted by Gasteiger charge is 2.34. The quantitative estimate of drug-likeness (QED) is 0.315. The third-order valence-corrected chi connectivity index (χ3v) is 5.96. The number of nitrogens with one attached hydrogen (secondary N) is 2. The fourth-order valence-corrected chi connectivity index (χ4v) is 3.95. The molecule has 174 valence electrons. The van der Waals surface area contributed by atoms with Crippen molar-refractivity contribution in [3.63, 3.8) is 0 Å². The summed E-state index contributed by atoms with van der Waals surface area (Å²) in [5, 5.41) is 4.31. The number of hydrogen-bond acceptors (Lipinski definition) is 5. The zero-order chi connectivity index (χ0) is 24.7. The maximum Gasteiger partial charge on any atom is 0.427 e. The summed E-state index contributed by atoms with van der Waals surface area (Å²) >= 11 is 0.188. The van der Waals surface area contributed by atoms with Crippen LogP contribution in [-0.2, 0) is 18.0 Å². The molecule has 0 aliphatic heterocycles. The van der Waals surface area contributed by atoms with E-state index in [4.69, 9.17) is 0 Å². The second-order valence-electron chi connectivity index (χ2n) is 7.22. The number of aromatic nitrogens is 2. The fraction of sp³-hybridized carbons (Fsp3) is 0.238. The Morgan fingerprint density at radius 3 is 2.33 bits per heavy atom. The molecule has 12 heteroatoms. The summed E-state index contributed by atoms with van der Waals surface area (Å²) in [6.45, 7) is 4.59. The molecule has 0 atom stereocenters. The Labute approximate surface area is 189 Å². The topological polar surface area (TPSA) is 93.1 Å². The number of anilines is 2. The lowest BCUT2D eigenvalue weighted by Crippen LogP contribution is -2.25. The molecule has 3 aromatic rings. The monoisotopic (exact) mass is 482 g/mol. The number of Topliss-reactive ketones (excluding diaryl/α,β-unsaturated/α-hetero) is 1. The number of halogens is 4. The van der Waals surface area contributed by atoms with E-state index in [1.165, 1.54) is 36.7 Å². The Kier molecular flexibility index (Phi) is 6.41. The number of rotatable bonds is 5. The van der Waals surface area contributed by atoms with Gasteiger partial charge in [-0.2, -0.15) is 13.2 Å². The lowest BCUT2D eigenvalue weighted by Gasteiger charge is -2.07. The fourth-order valence-electron chi connectivity index (χ4n) is 3.27. The van der Waals surface area contributed by atoms with Gasteiger partial charge in [-0.25, -0.2) is 9.37 Å². The first kappa shape index (κ1) is 24.1. The number of benzene rings is 1. The molecular weight excluding hydrogens is 464 g/mol. The summed E-state index contributed by atoms with van der Waals surface area (Å²) in [7, 11) is 1.48. The molecule has 2 N–H and O–H groups in total. The molecule has 0 radical (unpaired) electrons. The van der Waals surface area contributed by atoms with Crippen LogP contribution in [0.4, 0.5) is 28.4 Å². The number of thiazole rings is 1. The largest absolute Gasteiger partial charge is 0.427 e. The van der Waals surface area contributed by atoms with Gasteiger partial charge in [0.15, 0.2) is 5.13 Å². The van der Waals surface area contributed by atoms with Crippen LogP contribution in [0.2, 0.25) is 0 Å². The smallest absolute Gasteiger partial charge is 0.344 e. The highest BCUT2D eigenvalue weighted by Crippen LogP contribution is 2.35. The highest BCUT2D eigenvalue weighted by atomic mass is 32.1. The third-order valence-electron chi connectivity index (χ3n) is 5.00. The molecule has 0 bridgehead atoms. The minimum Gasteiger partial charge on any atom is -0.344 e. The van der Waals surface area contributed by atoms with Crippen LogP contribution in [0.3, 0.4) is 0 Å². The Morgan fingerprint density at radius 2 is 1.76 bits per heavy atom. The lowest BCUT2D eigenvalue weighted by molar-refractivity contribution is -0.134. The average Bonchev–Trinajstić information content (AvgIpc) is 3.27. The number of alkyl halides is 3. The van der Waals surface area contributed by atoms with E-state index >= 15 is 0 Å². The Balaban J connectivity index is 1.85. The van der Waals surface area contributed by atoms with E-state index in [0.717, 1.165) is 0 Å². The molecular formula is C21H18F4N4O3S. The van der Waals surface area contributed by atoms with Crippen molar-refractivity contribution < 1.29 is 31.9 Å². The second kappa shape index (κ2) is 8.77. The molecule has 2 heterocycles. The van der Waals surface area contributed by atoms with Gasteiger partial charge in [0, 0.05) is 18.4 Å². The van der Waals surface area contributed by atoms with E-state index in [1.807, 2.05) is 0 Å². The predicted molar refractivity (Wildman–Crippen MR) is 114 cm³/mol. The minimum absolute atomic E-state index is 0.0990. The molecule has 2 aromatic heterocycles. The standard InChI is InChI=1S/C21H18F4N4O3S/c1-9-7-12(5-6-13(9)22)27-18(31)15-10(2)16(29(4)11(15)3)17(30)19(32)28-20-26-8-14(33-20)21(23,24)25/h5-8H,1-4H3,(H,27,31)(H,26,28,32). The van der Waals surface area contributed by atoms with Gasteiger partial charge < -0.3 is 9.88 Å². The molecule has 1 aromatic carbocycles. The Morgan fingerprint density at radius 1 is 1.09 bits per heavy atom. The zero-order valence-electron chi connectivity index (χ0n) is 17.8. The molecule has 3 rings (SSSR count). The summed E-state index contributed by atoms with van der Waals surface area (Å²) < 4.78 is 53.0. The number of carbonyl (C=O) groups excluding carboxylic acids is 3. The van der Waals surface area contributed by atoms with Gasteiger partial charge in [-0.1, -0.05) is 11.3 Å². The van der Waals surface area contributed by atoms with Crippen molar-refractivity contribution in [2.45, 2.75) is 26.9 Å². The Bertz CT molecular complexity index is 1280. The maximum atomic E-state index is 13.5. The molecule has 0 saturated carbocycles. The van der Waals surface area contributed by atoms with Gasteiger partial charge >= 0.3 is 6.18 Å². The molecule has 0 saturated heterocycles. The molecule has 0 aliphatic carbocycles. The second-order valence-corrected chi connectivity index (χ2v) is 8.25. The van der Waals surface area contributed by atoms with E-state index < -0.39 is 34.5 Å². The van der Waals surface area contributed by atoms with Crippen molar-refractivity contribution in [2.24, 2.45) is 7.05 Å². The lowest BCUT2D eigenvalue weighted by atomic mass is 10.1. The van der Waals surface area contributed by atoms with Crippen LogP contribution in [0.15, 0.2) is 24.4 Å². The van der Waals surface area contributed by atoms with Crippen LogP contribution in [0.1, 0.15) is 42.5 Å². The van der Waals surface area contributed by atoms with Gasteiger partial charge in [-0.15, -0.1) is 0 Å². The van der Waals surface area contributed by atoms with E-state index in [2.05, 4.69) is 15.6 Å². The van der Waals surface area contributed by atoms with Crippen LogP contribution in [-0.4, -0.2) is 27.1 Å². The molecule has 0 unspecified atom stereocenters. The van der Waals surface area contributed by atoms with Crippen LogP contribution >= 0.6 is 11.3 Å². The van der Waals surface area contributed by atoms with Gasteiger partial charge in [-0.05, 0) is 50.1 Å². The predicted octanol–water partition coefficient (Wildman–Crippen LogP) is 4.64. The summed E-state index contributed by atoms with van der Waals surface area (Å²) in [6.07, 6.45) is -4.07. The van der Waals surface area contributed by atoms with Crippen LogP contribution in [0.5, 0.6) is 0 Å². The van der Waals surface area contributed by atoms with Crippen LogP contribution < -0.4 is 10.6 Å².